The van der Waals surface area contributed by atoms with Crippen molar-refractivity contribution in [3.8, 4) is 0 Å². The summed E-state index contributed by atoms with van der Waals surface area (Å²) in [7, 11) is 6.14. The number of aryl methyl sites for hydroxylation is 2. The Hall–Kier alpha value is -0.870. The third-order valence-electron chi connectivity index (χ3n) is 3.10. The molecule has 1 aromatic rings. The molecule has 0 saturated heterocycles. The Morgan fingerprint density at radius 3 is 2.75 bits per heavy atom. The van der Waals surface area contributed by atoms with Crippen molar-refractivity contribution in [1.29, 1.82) is 0 Å². The van der Waals surface area contributed by atoms with Crippen molar-refractivity contribution in [3.05, 3.63) is 17.5 Å². The van der Waals surface area contributed by atoms with E-state index in [0.717, 1.165) is 18.8 Å². The van der Waals surface area contributed by atoms with Gasteiger partial charge in [-0.25, -0.2) is 0 Å². The van der Waals surface area contributed by atoms with E-state index in [1.54, 1.807) is 0 Å². The van der Waals surface area contributed by atoms with E-state index < -0.39 is 0 Å². The van der Waals surface area contributed by atoms with Gasteiger partial charge in [0.05, 0.1) is 5.69 Å². The highest BCUT2D eigenvalue weighted by molar-refractivity contribution is 5.19. The van der Waals surface area contributed by atoms with Crippen LogP contribution in [-0.2, 0) is 7.05 Å². The van der Waals surface area contributed by atoms with Crippen molar-refractivity contribution >= 4 is 0 Å². The van der Waals surface area contributed by atoms with E-state index in [4.69, 9.17) is 0 Å². The summed E-state index contributed by atoms with van der Waals surface area (Å²) in [6.07, 6.45) is 3.30. The zero-order valence-corrected chi connectivity index (χ0v) is 11.1. The van der Waals surface area contributed by atoms with Crippen LogP contribution in [0.2, 0.25) is 0 Å². The Balaban J connectivity index is 2.56. The number of aromatic nitrogens is 2. The molecule has 92 valence electrons. The van der Waals surface area contributed by atoms with Gasteiger partial charge in [-0.3, -0.25) is 9.58 Å². The minimum absolute atomic E-state index is 0.436. The van der Waals surface area contributed by atoms with Crippen molar-refractivity contribution in [3.63, 3.8) is 0 Å². The Bertz CT molecular complexity index is 319. The summed E-state index contributed by atoms with van der Waals surface area (Å²) in [6, 6.07) is 0.436. The number of hydrogen-bond acceptors (Lipinski definition) is 3. The maximum Gasteiger partial charge on any atom is 0.0641 e. The Morgan fingerprint density at radius 1 is 1.56 bits per heavy atom. The molecule has 0 radical (unpaired) electrons. The van der Waals surface area contributed by atoms with Gasteiger partial charge in [0.1, 0.15) is 0 Å². The van der Waals surface area contributed by atoms with Gasteiger partial charge in [-0.05, 0) is 47.5 Å². The fourth-order valence-corrected chi connectivity index (χ4v) is 1.96. The van der Waals surface area contributed by atoms with E-state index in [1.807, 2.05) is 18.8 Å². The molecule has 0 aliphatic rings. The van der Waals surface area contributed by atoms with Crippen LogP contribution in [0.5, 0.6) is 0 Å². The van der Waals surface area contributed by atoms with Crippen molar-refractivity contribution < 1.29 is 0 Å². The lowest BCUT2D eigenvalue weighted by atomic mass is 10.1. The standard InChI is InChI=1S/C12H24N4/c1-10-12(9-16(5)14-10)11(2)15(4)8-6-7-13-3/h9,11,13H,6-8H2,1-5H3. The highest BCUT2D eigenvalue weighted by Gasteiger charge is 2.15. The molecule has 16 heavy (non-hydrogen) atoms. The van der Waals surface area contributed by atoms with Crippen LogP contribution in [0.1, 0.15) is 30.6 Å². The first-order chi connectivity index (χ1) is 7.56. The Kier molecular flexibility index (Phi) is 4.96. The van der Waals surface area contributed by atoms with E-state index in [2.05, 4.69) is 42.4 Å². The van der Waals surface area contributed by atoms with Crippen molar-refractivity contribution in [2.75, 3.05) is 27.2 Å². The molecule has 0 aromatic carbocycles. The smallest absolute Gasteiger partial charge is 0.0641 e. The molecule has 0 bridgehead atoms. The molecule has 1 rings (SSSR count). The number of hydrogen-bond donors (Lipinski definition) is 1. The van der Waals surface area contributed by atoms with Crippen molar-refractivity contribution in [2.24, 2.45) is 7.05 Å². The first kappa shape index (κ1) is 13.2. The largest absolute Gasteiger partial charge is 0.320 e. The predicted octanol–water partition coefficient (Wildman–Crippen LogP) is 1.33. The van der Waals surface area contributed by atoms with Gasteiger partial charge < -0.3 is 5.32 Å². The Morgan fingerprint density at radius 2 is 2.25 bits per heavy atom. The van der Waals surface area contributed by atoms with Crippen molar-refractivity contribution in [2.45, 2.75) is 26.3 Å². The maximum atomic E-state index is 4.39. The molecule has 4 nitrogen and oxygen atoms in total. The van der Waals surface area contributed by atoms with Gasteiger partial charge in [0.2, 0.25) is 0 Å². The van der Waals surface area contributed by atoms with Crippen LogP contribution < -0.4 is 5.32 Å². The second-order valence-corrected chi connectivity index (χ2v) is 4.46. The monoisotopic (exact) mass is 224 g/mol. The van der Waals surface area contributed by atoms with Crippen LogP contribution in [0, 0.1) is 6.92 Å². The minimum atomic E-state index is 0.436. The summed E-state index contributed by atoms with van der Waals surface area (Å²) in [5.74, 6) is 0. The summed E-state index contributed by atoms with van der Waals surface area (Å²) in [6.45, 7) is 6.50. The quantitative estimate of drug-likeness (QED) is 0.740. The van der Waals surface area contributed by atoms with Crippen LogP contribution in [-0.4, -0.2) is 41.9 Å². The molecular weight excluding hydrogens is 200 g/mol. The fourth-order valence-electron chi connectivity index (χ4n) is 1.96. The lowest BCUT2D eigenvalue weighted by Gasteiger charge is -2.24. The summed E-state index contributed by atoms with van der Waals surface area (Å²) < 4.78 is 1.89. The maximum absolute atomic E-state index is 4.39. The molecule has 1 heterocycles. The molecule has 0 aliphatic carbocycles. The zero-order valence-electron chi connectivity index (χ0n) is 11.1. The summed E-state index contributed by atoms with van der Waals surface area (Å²) >= 11 is 0. The number of nitrogens with one attached hydrogen (secondary N) is 1. The third kappa shape index (κ3) is 3.32. The molecule has 1 atom stereocenters. The molecule has 0 fully saturated rings. The molecule has 0 spiro atoms. The lowest BCUT2D eigenvalue weighted by Crippen LogP contribution is -2.26. The van der Waals surface area contributed by atoms with Gasteiger partial charge in [0, 0.05) is 24.8 Å². The molecular formula is C12H24N4. The SMILES string of the molecule is CNCCCN(C)C(C)c1cn(C)nc1C. The minimum Gasteiger partial charge on any atom is -0.320 e. The van der Waals surface area contributed by atoms with Crippen LogP contribution in [0.4, 0.5) is 0 Å². The normalized spacial score (nSPS) is 13.4. The number of rotatable bonds is 6. The van der Waals surface area contributed by atoms with Crippen LogP contribution in [0.15, 0.2) is 6.20 Å². The molecule has 1 unspecified atom stereocenters. The van der Waals surface area contributed by atoms with E-state index in [9.17, 15) is 0 Å². The van der Waals surface area contributed by atoms with E-state index in [-0.39, 0.29) is 0 Å². The van der Waals surface area contributed by atoms with Gasteiger partial charge in [0.25, 0.3) is 0 Å². The van der Waals surface area contributed by atoms with Gasteiger partial charge in [0.15, 0.2) is 0 Å². The fraction of sp³-hybridized carbons (Fsp3) is 0.750. The van der Waals surface area contributed by atoms with E-state index in [0.29, 0.717) is 6.04 Å². The van der Waals surface area contributed by atoms with E-state index in [1.165, 1.54) is 12.0 Å². The van der Waals surface area contributed by atoms with Crippen molar-refractivity contribution in [1.82, 2.24) is 20.0 Å². The molecule has 1 N–H and O–H groups in total. The first-order valence-corrected chi connectivity index (χ1v) is 5.91. The first-order valence-electron chi connectivity index (χ1n) is 5.91. The molecule has 0 aliphatic heterocycles. The van der Waals surface area contributed by atoms with Crippen LogP contribution >= 0.6 is 0 Å². The molecule has 4 heteroatoms. The van der Waals surface area contributed by atoms with Gasteiger partial charge in [-0.1, -0.05) is 0 Å². The average Bonchev–Trinajstić information content (AvgIpc) is 2.57. The summed E-state index contributed by atoms with van der Waals surface area (Å²) in [5.41, 5.74) is 2.46. The Labute approximate surface area is 98.6 Å². The second kappa shape index (κ2) is 6.01. The van der Waals surface area contributed by atoms with Crippen LogP contribution in [0.3, 0.4) is 0 Å². The van der Waals surface area contributed by atoms with Gasteiger partial charge >= 0.3 is 0 Å². The summed E-state index contributed by atoms with van der Waals surface area (Å²) in [5, 5.41) is 7.56. The van der Waals surface area contributed by atoms with Crippen LogP contribution in [0.25, 0.3) is 0 Å². The topological polar surface area (TPSA) is 33.1 Å². The highest BCUT2D eigenvalue weighted by atomic mass is 15.3. The van der Waals surface area contributed by atoms with Gasteiger partial charge in [-0.15, -0.1) is 0 Å². The van der Waals surface area contributed by atoms with Gasteiger partial charge in [-0.2, -0.15) is 5.10 Å². The third-order valence-corrected chi connectivity index (χ3v) is 3.10. The molecule has 0 saturated carbocycles. The lowest BCUT2D eigenvalue weighted by molar-refractivity contribution is 0.257. The second-order valence-electron chi connectivity index (χ2n) is 4.46. The molecule has 1 aromatic heterocycles. The zero-order chi connectivity index (χ0) is 12.1. The predicted molar refractivity (Wildman–Crippen MR) is 67.5 cm³/mol. The molecule has 0 amide bonds. The number of nitrogens with zero attached hydrogens (tertiary/aromatic N) is 3. The average molecular weight is 224 g/mol. The summed E-state index contributed by atoms with van der Waals surface area (Å²) in [4.78, 5) is 2.38. The highest BCUT2D eigenvalue weighted by Crippen LogP contribution is 2.21. The van der Waals surface area contributed by atoms with E-state index >= 15 is 0 Å².